The van der Waals surface area contributed by atoms with Gasteiger partial charge in [0, 0.05) is 19.6 Å². The van der Waals surface area contributed by atoms with Crippen molar-refractivity contribution in [3.05, 3.63) is 35.1 Å². The molecule has 0 spiro atoms. The molecule has 2 fully saturated rings. The summed E-state index contributed by atoms with van der Waals surface area (Å²) in [6.07, 6.45) is 5.51. The molecule has 0 unspecified atom stereocenters. The third kappa shape index (κ3) is 5.51. The van der Waals surface area contributed by atoms with E-state index in [1.54, 1.807) is 38.1 Å². The Kier molecular flexibility index (Phi) is 8.06. The van der Waals surface area contributed by atoms with Gasteiger partial charge in [-0.05, 0) is 82.2 Å². The third-order valence-electron chi connectivity index (χ3n) is 7.89. The van der Waals surface area contributed by atoms with Crippen LogP contribution in [0.2, 0.25) is 0 Å². The summed E-state index contributed by atoms with van der Waals surface area (Å²) < 4.78 is 19.3. The molecule has 4 rings (SSSR count). The summed E-state index contributed by atoms with van der Waals surface area (Å²) in [5.41, 5.74) is 1.88. The Balaban J connectivity index is 1.52. The number of carbonyl (C=O) groups is 3. The Morgan fingerprint density at radius 1 is 1.11 bits per heavy atom. The highest BCUT2D eigenvalue weighted by atomic mass is 19.1. The first-order chi connectivity index (χ1) is 16.8. The lowest BCUT2D eigenvalue weighted by Crippen LogP contribution is -2.59. The summed E-state index contributed by atoms with van der Waals surface area (Å²) in [6, 6.07) is 2.70. The fourth-order valence-corrected chi connectivity index (χ4v) is 5.76. The van der Waals surface area contributed by atoms with Crippen molar-refractivity contribution in [2.75, 3.05) is 14.2 Å². The van der Waals surface area contributed by atoms with E-state index in [2.05, 4.69) is 16.0 Å². The first-order valence-corrected chi connectivity index (χ1v) is 12.7. The number of carbonyl (C=O) groups excluding carboxylic acids is 3. The first-order valence-electron chi connectivity index (χ1n) is 12.7. The van der Waals surface area contributed by atoms with Crippen molar-refractivity contribution in [2.45, 2.75) is 94.6 Å². The fraction of sp³-hybridized carbons (Fsp3) is 0.654. The van der Waals surface area contributed by atoms with Crippen LogP contribution < -0.4 is 16.0 Å². The van der Waals surface area contributed by atoms with Crippen LogP contribution in [0, 0.1) is 5.82 Å². The molecule has 6 atom stereocenters. The van der Waals surface area contributed by atoms with Crippen LogP contribution >= 0.6 is 0 Å². The predicted molar refractivity (Wildman–Crippen MR) is 129 cm³/mol. The van der Waals surface area contributed by atoms with E-state index in [0.29, 0.717) is 12.8 Å². The highest BCUT2D eigenvalue weighted by Crippen LogP contribution is 2.34. The van der Waals surface area contributed by atoms with E-state index < -0.39 is 18.1 Å². The molecule has 0 bridgehead atoms. The van der Waals surface area contributed by atoms with Crippen molar-refractivity contribution in [1.82, 2.24) is 20.9 Å². The van der Waals surface area contributed by atoms with Gasteiger partial charge in [0.1, 0.15) is 17.9 Å². The van der Waals surface area contributed by atoms with Crippen LogP contribution in [0.25, 0.3) is 0 Å². The largest absolute Gasteiger partial charge is 0.381 e. The number of rotatable bonds is 6. The number of nitrogens with zero attached hydrogens (tertiary/aromatic N) is 1. The van der Waals surface area contributed by atoms with Crippen LogP contribution in [-0.2, 0) is 25.5 Å². The molecule has 3 aliphatic rings. The van der Waals surface area contributed by atoms with Gasteiger partial charge in [-0.1, -0.05) is 6.07 Å². The number of amides is 3. The number of fused-ring (bicyclic) bond motifs is 2. The third-order valence-corrected chi connectivity index (χ3v) is 7.89. The zero-order valence-corrected chi connectivity index (χ0v) is 20.8. The van der Waals surface area contributed by atoms with Gasteiger partial charge in [0.15, 0.2) is 0 Å². The van der Waals surface area contributed by atoms with E-state index in [1.165, 1.54) is 6.07 Å². The molecule has 9 heteroatoms. The van der Waals surface area contributed by atoms with Gasteiger partial charge in [-0.25, -0.2) is 4.39 Å². The Hall–Kier alpha value is -2.52. The normalized spacial score (nSPS) is 29.4. The van der Waals surface area contributed by atoms with E-state index in [1.807, 2.05) is 0 Å². The molecule has 3 amide bonds. The van der Waals surface area contributed by atoms with Crippen molar-refractivity contribution >= 4 is 17.7 Å². The Morgan fingerprint density at radius 2 is 1.89 bits per heavy atom. The van der Waals surface area contributed by atoms with E-state index in [9.17, 15) is 18.8 Å². The number of likely N-dealkylation sites (N-methyl/N-ethyl adjacent to an activating group) is 1. The number of ether oxygens (including phenoxy) is 1. The van der Waals surface area contributed by atoms with Gasteiger partial charge >= 0.3 is 0 Å². The lowest BCUT2D eigenvalue weighted by Gasteiger charge is -2.38. The monoisotopic (exact) mass is 488 g/mol. The van der Waals surface area contributed by atoms with Gasteiger partial charge in [-0.2, -0.15) is 0 Å². The summed E-state index contributed by atoms with van der Waals surface area (Å²) in [5.74, 6) is -0.933. The number of hydrogen-bond acceptors (Lipinski definition) is 5. The molecule has 2 saturated heterocycles. The Bertz CT molecular complexity index is 957. The molecule has 192 valence electrons. The fourth-order valence-electron chi connectivity index (χ4n) is 5.76. The van der Waals surface area contributed by atoms with Crippen LogP contribution in [0.3, 0.4) is 0 Å². The van der Waals surface area contributed by atoms with Crippen LogP contribution in [0.15, 0.2) is 18.2 Å². The minimum atomic E-state index is -0.752. The number of nitrogens with one attached hydrogen (secondary N) is 3. The zero-order valence-electron chi connectivity index (χ0n) is 20.8. The second kappa shape index (κ2) is 11.0. The molecular weight excluding hydrogens is 451 g/mol. The van der Waals surface area contributed by atoms with E-state index in [0.717, 1.165) is 49.7 Å². The average molecular weight is 489 g/mol. The number of halogens is 1. The first kappa shape index (κ1) is 25.6. The molecular formula is C26H37FN4O4. The summed E-state index contributed by atoms with van der Waals surface area (Å²) in [6.45, 7) is 1.74. The zero-order chi connectivity index (χ0) is 25.1. The van der Waals surface area contributed by atoms with Gasteiger partial charge in [-0.15, -0.1) is 0 Å². The van der Waals surface area contributed by atoms with Crippen molar-refractivity contribution in [1.29, 1.82) is 0 Å². The van der Waals surface area contributed by atoms with E-state index >= 15 is 0 Å². The number of benzene rings is 1. The molecule has 2 heterocycles. The smallest absolute Gasteiger partial charge is 0.246 e. The van der Waals surface area contributed by atoms with Crippen LogP contribution in [0.5, 0.6) is 0 Å². The molecule has 3 N–H and O–H groups in total. The maximum absolute atomic E-state index is 13.7. The van der Waals surface area contributed by atoms with Crippen molar-refractivity contribution < 1.29 is 23.5 Å². The van der Waals surface area contributed by atoms with Crippen LogP contribution in [0.4, 0.5) is 4.39 Å². The lowest BCUT2D eigenvalue weighted by atomic mass is 9.87. The highest BCUT2D eigenvalue weighted by Gasteiger charge is 2.45. The second-order valence-corrected chi connectivity index (χ2v) is 10.0. The van der Waals surface area contributed by atoms with Crippen molar-refractivity contribution in [2.24, 2.45) is 0 Å². The Labute approximate surface area is 206 Å². The molecule has 8 nitrogen and oxygen atoms in total. The molecule has 0 radical (unpaired) electrons. The molecule has 1 aliphatic carbocycles. The SMILES string of the molecule is CN[C@@H](C)C(=O)N[C@H]1C[C@H](OC)CC[C@H]2CC[C@@H](C(=O)N[C@@H]3CCCc4cc(F)ccc43)N2C1=O. The summed E-state index contributed by atoms with van der Waals surface area (Å²) in [5, 5.41) is 8.93. The molecule has 2 aliphatic heterocycles. The molecule has 35 heavy (non-hydrogen) atoms. The molecule has 1 aromatic carbocycles. The molecule has 0 saturated carbocycles. The van der Waals surface area contributed by atoms with Gasteiger partial charge in [-0.3, -0.25) is 14.4 Å². The molecule has 1 aromatic rings. The standard InChI is InChI=1S/C26H37FN4O4/c1-15(28-2)24(32)30-22-14-19(35-3)10-8-18-9-12-23(31(18)26(22)34)25(33)29-21-6-4-5-16-13-17(27)7-11-20(16)21/h7,11,13,15,18-19,21-23,28H,4-6,8-10,12,14H2,1-3H3,(H,29,33)(H,30,32)/t15-,18-,19+,21+,22-,23-/m0/s1. The maximum atomic E-state index is 13.7. The topological polar surface area (TPSA) is 99.8 Å². The Morgan fingerprint density at radius 3 is 2.63 bits per heavy atom. The minimum absolute atomic E-state index is 0.0648. The minimum Gasteiger partial charge on any atom is -0.381 e. The highest BCUT2D eigenvalue weighted by molar-refractivity contribution is 5.94. The second-order valence-electron chi connectivity index (χ2n) is 10.0. The molecule has 0 aromatic heterocycles. The average Bonchev–Trinajstić information content (AvgIpc) is 3.27. The van der Waals surface area contributed by atoms with Crippen molar-refractivity contribution in [3.8, 4) is 0 Å². The quantitative estimate of drug-likeness (QED) is 0.569. The van der Waals surface area contributed by atoms with Gasteiger partial charge in [0.25, 0.3) is 0 Å². The van der Waals surface area contributed by atoms with Gasteiger partial charge in [0.2, 0.25) is 17.7 Å². The van der Waals surface area contributed by atoms with Gasteiger partial charge < -0.3 is 25.6 Å². The summed E-state index contributed by atoms with van der Waals surface area (Å²) in [4.78, 5) is 41.5. The number of hydrogen-bond donors (Lipinski definition) is 3. The van der Waals surface area contributed by atoms with E-state index in [4.69, 9.17) is 4.74 Å². The number of methoxy groups -OCH3 is 1. The summed E-state index contributed by atoms with van der Waals surface area (Å²) in [7, 11) is 3.32. The predicted octanol–water partition coefficient (Wildman–Crippen LogP) is 1.97. The number of aryl methyl sites for hydroxylation is 1. The van der Waals surface area contributed by atoms with Crippen molar-refractivity contribution in [3.63, 3.8) is 0 Å². The lowest BCUT2D eigenvalue weighted by molar-refractivity contribution is -0.146. The van der Waals surface area contributed by atoms with Crippen LogP contribution in [-0.4, -0.2) is 67.1 Å². The van der Waals surface area contributed by atoms with E-state index in [-0.39, 0.29) is 41.7 Å². The summed E-state index contributed by atoms with van der Waals surface area (Å²) >= 11 is 0. The van der Waals surface area contributed by atoms with Gasteiger partial charge in [0.05, 0.1) is 18.2 Å². The van der Waals surface area contributed by atoms with Crippen LogP contribution in [0.1, 0.15) is 69.0 Å². The maximum Gasteiger partial charge on any atom is 0.246 e.